The van der Waals surface area contributed by atoms with Crippen LogP contribution in [0.15, 0.2) is 47.4 Å². The molecular weight excluding hydrogens is 380 g/mol. The second-order valence-corrected chi connectivity index (χ2v) is 8.81. The minimum absolute atomic E-state index is 0.132. The summed E-state index contributed by atoms with van der Waals surface area (Å²) in [6.07, 6.45) is 2.69. The fourth-order valence-corrected chi connectivity index (χ4v) is 4.88. The van der Waals surface area contributed by atoms with E-state index in [1.807, 2.05) is 18.2 Å². The highest BCUT2D eigenvalue weighted by Crippen LogP contribution is 2.32. The van der Waals surface area contributed by atoms with E-state index >= 15 is 0 Å². The molecular formula is C20H22N2O5S. The van der Waals surface area contributed by atoms with Gasteiger partial charge in [0, 0.05) is 25.2 Å². The first-order chi connectivity index (χ1) is 13.5. The lowest BCUT2D eigenvalue weighted by Crippen LogP contribution is -2.27. The topological polar surface area (TPSA) is 84.9 Å². The molecule has 8 heteroatoms. The predicted octanol–water partition coefficient (Wildman–Crippen LogP) is 2.77. The summed E-state index contributed by atoms with van der Waals surface area (Å²) in [5.74, 6) is 1.29. The van der Waals surface area contributed by atoms with Crippen molar-refractivity contribution >= 4 is 21.6 Å². The molecule has 1 fully saturated rings. The fourth-order valence-electron chi connectivity index (χ4n) is 3.37. The van der Waals surface area contributed by atoms with Gasteiger partial charge in [-0.2, -0.15) is 4.31 Å². The number of carbonyl (C=O) groups excluding carboxylic acids is 1. The van der Waals surface area contributed by atoms with E-state index in [2.05, 4.69) is 5.32 Å². The molecule has 0 saturated carbocycles. The first-order valence-corrected chi connectivity index (χ1v) is 10.7. The molecule has 0 radical (unpaired) electrons. The Balaban J connectivity index is 1.33. The number of fused-ring (bicyclic) bond motifs is 1. The number of amides is 1. The summed E-state index contributed by atoms with van der Waals surface area (Å²) in [4.78, 5) is 12.5. The van der Waals surface area contributed by atoms with Crippen molar-refractivity contribution in [3.8, 4) is 11.5 Å². The van der Waals surface area contributed by atoms with Crippen LogP contribution >= 0.6 is 0 Å². The van der Waals surface area contributed by atoms with Crippen molar-refractivity contribution in [3.05, 3.63) is 48.0 Å². The number of nitrogens with one attached hydrogen (secondary N) is 1. The van der Waals surface area contributed by atoms with Crippen molar-refractivity contribution in [3.63, 3.8) is 0 Å². The first kappa shape index (κ1) is 18.8. The lowest BCUT2D eigenvalue weighted by atomic mass is 10.1. The maximum absolute atomic E-state index is 12.5. The van der Waals surface area contributed by atoms with Gasteiger partial charge in [-0.05, 0) is 61.2 Å². The highest BCUT2D eigenvalue weighted by Gasteiger charge is 2.26. The van der Waals surface area contributed by atoms with Crippen LogP contribution in [0.1, 0.15) is 24.8 Å². The van der Waals surface area contributed by atoms with Gasteiger partial charge in [0.15, 0.2) is 11.5 Å². The summed E-state index contributed by atoms with van der Waals surface area (Å²) < 4.78 is 37.2. The van der Waals surface area contributed by atoms with E-state index in [-0.39, 0.29) is 17.6 Å². The van der Waals surface area contributed by atoms with E-state index in [0.717, 1.165) is 24.2 Å². The largest absolute Gasteiger partial charge is 0.454 e. The van der Waals surface area contributed by atoms with Crippen molar-refractivity contribution in [2.75, 3.05) is 25.2 Å². The molecule has 2 aromatic carbocycles. The lowest BCUT2D eigenvalue weighted by molar-refractivity contribution is -0.116. The average molecular weight is 402 g/mol. The van der Waals surface area contributed by atoms with Gasteiger partial charge in [0.05, 0.1) is 4.90 Å². The number of ether oxygens (including phenoxy) is 2. The Morgan fingerprint density at radius 3 is 2.46 bits per heavy atom. The van der Waals surface area contributed by atoms with Crippen molar-refractivity contribution in [1.29, 1.82) is 0 Å². The molecule has 0 spiro atoms. The number of sulfonamides is 1. The van der Waals surface area contributed by atoms with Gasteiger partial charge in [-0.25, -0.2) is 8.42 Å². The molecule has 0 unspecified atom stereocenters. The van der Waals surface area contributed by atoms with Crippen molar-refractivity contribution in [2.24, 2.45) is 0 Å². The molecule has 1 saturated heterocycles. The number of hydrogen-bond donors (Lipinski definition) is 1. The van der Waals surface area contributed by atoms with Crippen molar-refractivity contribution in [2.45, 2.75) is 30.6 Å². The van der Waals surface area contributed by atoms with Crippen LogP contribution in [-0.2, 0) is 21.2 Å². The van der Waals surface area contributed by atoms with Gasteiger partial charge >= 0.3 is 0 Å². The third kappa shape index (κ3) is 3.98. The Labute approximate surface area is 164 Å². The summed E-state index contributed by atoms with van der Waals surface area (Å²) in [5, 5.41) is 2.81. The van der Waals surface area contributed by atoms with Crippen LogP contribution in [0.25, 0.3) is 0 Å². The Hall–Kier alpha value is -2.58. The lowest BCUT2D eigenvalue weighted by Gasteiger charge is -2.15. The molecule has 4 rings (SSSR count). The van der Waals surface area contributed by atoms with Crippen LogP contribution in [-0.4, -0.2) is 38.5 Å². The number of hydrogen-bond acceptors (Lipinski definition) is 5. The Bertz CT molecular complexity index is 967. The molecule has 1 amide bonds. The highest BCUT2D eigenvalue weighted by molar-refractivity contribution is 7.89. The minimum atomic E-state index is -3.44. The molecule has 0 bridgehead atoms. The van der Waals surface area contributed by atoms with Crippen molar-refractivity contribution < 1.29 is 22.7 Å². The number of anilines is 1. The third-order valence-corrected chi connectivity index (χ3v) is 6.83. The van der Waals surface area contributed by atoms with Crippen LogP contribution < -0.4 is 14.8 Å². The molecule has 7 nitrogen and oxygen atoms in total. The molecule has 2 aliphatic heterocycles. The monoisotopic (exact) mass is 402 g/mol. The van der Waals surface area contributed by atoms with Crippen LogP contribution in [0, 0.1) is 0 Å². The zero-order valence-electron chi connectivity index (χ0n) is 15.4. The smallest absolute Gasteiger partial charge is 0.243 e. The Kier molecular flexibility index (Phi) is 5.23. The van der Waals surface area contributed by atoms with Crippen LogP contribution in [0.3, 0.4) is 0 Å². The molecule has 0 atom stereocenters. The summed E-state index contributed by atoms with van der Waals surface area (Å²) >= 11 is 0. The molecule has 0 aromatic heterocycles. The first-order valence-electron chi connectivity index (χ1n) is 9.31. The van der Waals surface area contributed by atoms with Crippen LogP contribution in [0.5, 0.6) is 11.5 Å². The highest BCUT2D eigenvalue weighted by atomic mass is 32.2. The van der Waals surface area contributed by atoms with E-state index in [9.17, 15) is 13.2 Å². The zero-order valence-corrected chi connectivity index (χ0v) is 16.2. The van der Waals surface area contributed by atoms with Gasteiger partial charge in [0.25, 0.3) is 0 Å². The average Bonchev–Trinajstić information content (AvgIpc) is 3.38. The molecule has 28 heavy (non-hydrogen) atoms. The summed E-state index contributed by atoms with van der Waals surface area (Å²) in [7, 11) is -3.44. The molecule has 2 heterocycles. The maximum atomic E-state index is 12.5. The Morgan fingerprint density at radius 1 is 1.00 bits per heavy atom. The maximum Gasteiger partial charge on any atom is 0.243 e. The number of benzene rings is 2. The second kappa shape index (κ2) is 7.81. The van der Waals surface area contributed by atoms with Gasteiger partial charge < -0.3 is 14.8 Å². The minimum Gasteiger partial charge on any atom is -0.454 e. The van der Waals surface area contributed by atoms with Gasteiger partial charge in [-0.1, -0.05) is 6.07 Å². The molecule has 148 valence electrons. The fraction of sp³-hybridized carbons (Fsp3) is 0.350. The number of nitrogens with zero attached hydrogens (tertiary/aromatic N) is 1. The number of carbonyl (C=O) groups is 1. The summed E-state index contributed by atoms with van der Waals surface area (Å²) in [6.45, 7) is 1.37. The quantitative estimate of drug-likeness (QED) is 0.803. The SMILES string of the molecule is O=C(CCc1ccc2c(c1)OCO2)Nc1ccc(S(=O)(=O)N2CCCC2)cc1. The number of aryl methyl sites for hydroxylation is 1. The summed E-state index contributed by atoms with van der Waals surface area (Å²) in [6, 6.07) is 12.0. The second-order valence-electron chi connectivity index (χ2n) is 6.87. The zero-order chi connectivity index (χ0) is 19.6. The molecule has 0 aliphatic carbocycles. The van der Waals surface area contributed by atoms with Crippen LogP contribution in [0.2, 0.25) is 0 Å². The van der Waals surface area contributed by atoms with Gasteiger partial charge in [-0.15, -0.1) is 0 Å². The van der Waals surface area contributed by atoms with E-state index in [0.29, 0.717) is 37.4 Å². The van der Waals surface area contributed by atoms with Crippen molar-refractivity contribution in [1.82, 2.24) is 4.31 Å². The summed E-state index contributed by atoms with van der Waals surface area (Å²) in [5.41, 5.74) is 1.57. The standard InChI is InChI=1S/C20H22N2O5S/c23-20(10-4-15-3-9-18-19(13-15)27-14-26-18)21-16-5-7-17(8-6-16)28(24,25)22-11-1-2-12-22/h3,5-9,13H,1-2,4,10-12,14H2,(H,21,23). The van der Waals surface area contributed by atoms with E-state index in [4.69, 9.17) is 9.47 Å². The van der Waals surface area contributed by atoms with E-state index < -0.39 is 10.0 Å². The molecule has 2 aromatic rings. The van der Waals surface area contributed by atoms with Crippen LogP contribution in [0.4, 0.5) is 5.69 Å². The predicted molar refractivity (Wildman–Crippen MR) is 104 cm³/mol. The van der Waals surface area contributed by atoms with E-state index in [1.54, 1.807) is 24.3 Å². The normalized spacial score (nSPS) is 16.3. The Morgan fingerprint density at radius 2 is 1.71 bits per heavy atom. The molecule has 1 N–H and O–H groups in total. The van der Waals surface area contributed by atoms with Gasteiger partial charge in [0.1, 0.15) is 0 Å². The molecule has 2 aliphatic rings. The third-order valence-electron chi connectivity index (χ3n) is 4.92. The van der Waals surface area contributed by atoms with Gasteiger partial charge in [0.2, 0.25) is 22.7 Å². The van der Waals surface area contributed by atoms with E-state index in [1.165, 1.54) is 4.31 Å². The number of rotatable bonds is 6. The van der Waals surface area contributed by atoms with Gasteiger partial charge in [-0.3, -0.25) is 4.79 Å².